The van der Waals surface area contributed by atoms with Crippen molar-refractivity contribution in [2.75, 3.05) is 18.1 Å². The lowest BCUT2D eigenvalue weighted by molar-refractivity contribution is 1.54. The van der Waals surface area contributed by atoms with Crippen LogP contribution in [-0.4, -0.2) is 7.05 Å². The predicted molar refractivity (Wildman–Crippen MR) is 62.1 cm³/mol. The molecule has 0 aliphatic carbocycles. The molecule has 0 fully saturated rings. The van der Waals surface area contributed by atoms with Crippen LogP contribution in [-0.2, 0) is 0 Å². The molecule has 0 saturated carbocycles. The Balaban J connectivity index is 2.96. The second-order valence-electron chi connectivity index (χ2n) is 2.92. The highest BCUT2D eigenvalue weighted by Gasteiger charge is 2.07. The Labute approximate surface area is 85.2 Å². The number of hydrogen-bond acceptors (Lipinski definition) is 4. The SMILES string of the molecule is CNc1c(N)c(=O)sc2ccccc12. The summed E-state index contributed by atoms with van der Waals surface area (Å²) in [7, 11) is 1.77. The molecule has 72 valence electrons. The van der Waals surface area contributed by atoms with E-state index in [9.17, 15) is 4.79 Å². The zero-order chi connectivity index (χ0) is 10.1. The summed E-state index contributed by atoms with van der Waals surface area (Å²) in [6.45, 7) is 0. The molecule has 4 heteroatoms. The molecule has 2 aromatic rings. The summed E-state index contributed by atoms with van der Waals surface area (Å²) in [6.07, 6.45) is 0. The summed E-state index contributed by atoms with van der Waals surface area (Å²) in [5.41, 5.74) is 6.72. The highest BCUT2D eigenvalue weighted by molar-refractivity contribution is 7.16. The van der Waals surface area contributed by atoms with E-state index in [1.54, 1.807) is 7.05 Å². The van der Waals surface area contributed by atoms with Crippen molar-refractivity contribution < 1.29 is 0 Å². The van der Waals surface area contributed by atoms with Crippen LogP contribution in [0, 0.1) is 0 Å². The monoisotopic (exact) mass is 206 g/mol. The van der Waals surface area contributed by atoms with Crippen LogP contribution in [0.5, 0.6) is 0 Å². The summed E-state index contributed by atoms with van der Waals surface area (Å²) in [4.78, 5) is 11.5. The lowest BCUT2D eigenvalue weighted by Crippen LogP contribution is -2.07. The standard InChI is InChI=1S/C10H10N2OS/c1-12-9-6-4-2-3-5-7(6)14-10(13)8(9)11/h2-5,12H,11H2,1H3. The normalized spacial score (nSPS) is 10.4. The van der Waals surface area contributed by atoms with Crippen LogP contribution in [0.3, 0.4) is 0 Å². The minimum absolute atomic E-state index is 0.0898. The lowest BCUT2D eigenvalue weighted by Gasteiger charge is -2.06. The first-order valence-electron chi connectivity index (χ1n) is 4.23. The fraction of sp³-hybridized carbons (Fsp3) is 0.100. The molecule has 2 rings (SSSR count). The molecule has 0 amide bonds. The molecule has 3 nitrogen and oxygen atoms in total. The fourth-order valence-corrected chi connectivity index (χ4v) is 2.27. The Bertz CT molecular complexity index is 533. The average molecular weight is 206 g/mol. The zero-order valence-electron chi connectivity index (χ0n) is 7.70. The average Bonchev–Trinajstić information content (AvgIpc) is 2.20. The molecule has 1 heterocycles. The van der Waals surface area contributed by atoms with E-state index in [1.807, 2.05) is 24.3 Å². The highest BCUT2D eigenvalue weighted by Crippen LogP contribution is 2.28. The lowest BCUT2D eigenvalue weighted by atomic mass is 10.2. The van der Waals surface area contributed by atoms with Crippen LogP contribution in [0.1, 0.15) is 0 Å². The van der Waals surface area contributed by atoms with E-state index in [4.69, 9.17) is 5.73 Å². The Morgan fingerprint density at radius 3 is 2.79 bits per heavy atom. The van der Waals surface area contributed by atoms with Gasteiger partial charge < -0.3 is 11.1 Å². The van der Waals surface area contributed by atoms with E-state index < -0.39 is 0 Å². The Kier molecular flexibility index (Phi) is 2.13. The number of anilines is 2. The van der Waals surface area contributed by atoms with Gasteiger partial charge in [-0.1, -0.05) is 29.5 Å². The smallest absolute Gasteiger partial charge is 0.257 e. The second kappa shape index (κ2) is 3.31. The van der Waals surface area contributed by atoms with E-state index in [1.165, 1.54) is 11.3 Å². The predicted octanol–water partition coefficient (Wildman–Crippen LogP) is 1.89. The summed E-state index contributed by atoms with van der Waals surface area (Å²) in [5.74, 6) is 0. The van der Waals surface area contributed by atoms with Gasteiger partial charge in [0.05, 0.1) is 5.69 Å². The van der Waals surface area contributed by atoms with Crippen LogP contribution in [0.2, 0.25) is 0 Å². The molecule has 3 N–H and O–H groups in total. The van der Waals surface area contributed by atoms with Crippen molar-refractivity contribution in [3.63, 3.8) is 0 Å². The Hall–Kier alpha value is -1.55. The maximum Gasteiger partial charge on any atom is 0.257 e. The van der Waals surface area contributed by atoms with Crippen LogP contribution in [0.4, 0.5) is 11.4 Å². The minimum atomic E-state index is -0.0898. The highest BCUT2D eigenvalue weighted by atomic mass is 32.1. The summed E-state index contributed by atoms with van der Waals surface area (Å²) < 4.78 is 0.865. The van der Waals surface area contributed by atoms with Gasteiger partial charge in [0, 0.05) is 17.1 Å². The number of nitrogens with one attached hydrogen (secondary N) is 1. The molecule has 14 heavy (non-hydrogen) atoms. The maximum atomic E-state index is 11.5. The van der Waals surface area contributed by atoms with Crippen molar-refractivity contribution >= 4 is 32.8 Å². The summed E-state index contributed by atoms with van der Waals surface area (Å²) >= 11 is 1.18. The Morgan fingerprint density at radius 1 is 1.36 bits per heavy atom. The van der Waals surface area contributed by atoms with Crippen LogP contribution < -0.4 is 15.8 Å². The molecule has 0 radical (unpaired) electrons. The number of nitrogen functional groups attached to an aromatic ring is 1. The number of hydrogen-bond donors (Lipinski definition) is 2. The van der Waals surface area contributed by atoms with Crippen molar-refractivity contribution in [2.45, 2.75) is 0 Å². The number of fused-ring (bicyclic) bond motifs is 1. The Morgan fingerprint density at radius 2 is 2.07 bits per heavy atom. The van der Waals surface area contributed by atoms with Gasteiger partial charge >= 0.3 is 0 Å². The van der Waals surface area contributed by atoms with Gasteiger partial charge in [0.2, 0.25) is 0 Å². The third-order valence-corrected chi connectivity index (χ3v) is 3.08. The van der Waals surface area contributed by atoms with Gasteiger partial charge in [0.15, 0.2) is 0 Å². The van der Waals surface area contributed by atoms with E-state index in [2.05, 4.69) is 5.32 Å². The molecule has 0 aliphatic rings. The van der Waals surface area contributed by atoms with E-state index >= 15 is 0 Å². The van der Waals surface area contributed by atoms with Crippen molar-refractivity contribution in [2.24, 2.45) is 0 Å². The number of benzene rings is 1. The summed E-state index contributed by atoms with van der Waals surface area (Å²) in [6, 6.07) is 7.71. The third kappa shape index (κ3) is 1.24. The van der Waals surface area contributed by atoms with Crippen molar-refractivity contribution in [1.29, 1.82) is 0 Å². The molecule has 1 aromatic heterocycles. The largest absolute Gasteiger partial charge is 0.393 e. The minimum Gasteiger partial charge on any atom is -0.393 e. The third-order valence-electron chi connectivity index (χ3n) is 2.10. The first kappa shape index (κ1) is 9.02. The van der Waals surface area contributed by atoms with E-state index in [0.717, 1.165) is 15.8 Å². The number of rotatable bonds is 1. The maximum absolute atomic E-state index is 11.5. The van der Waals surface area contributed by atoms with Gasteiger partial charge in [0.1, 0.15) is 5.69 Å². The van der Waals surface area contributed by atoms with E-state index in [0.29, 0.717) is 5.69 Å². The van der Waals surface area contributed by atoms with Crippen molar-refractivity contribution in [3.8, 4) is 0 Å². The first-order chi connectivity index (χ1) is 6.74. The fourth-order valence-electron chi connectivity index (χ4n) is 1.43. The molecule has 1 aromatic carbocycles. The number of nitrogens with two attached hydrogens (primary N) is 1. The molecule has 0 atom stereocenters. The molecular formula is C10H10N2OS. The molecule has 0 spiro atoms. The van der Waals surface area contributed by atoms with Gasteiger partial charge in [-0.3, -0.25) is 4.79 Å². The van der Waals surface area contributed by atoms with Gasteiger partial charge in [-0.25, -0.2) is 0 Å². The van der Waals surface area contributed by atoms with Gasteiger partial charge in [-0.05, 0) is 6.07 Å². The van der Waals surface area contributed by atoms with Crippen LogP contribution in [0.15, 0.2) is 29.1 Å². The molecule has 0 bridgehead atoms. The summed E-state index contributed by atoms with van der Waals surface area (Å²) in [5, 5.41) is 3.96. The molecule has 0 unspecified atom stereocenters. The topological polar surface area (TPSA) is 55.1 Å². The van der Waals surface area contributed by atoms with Crippen LogP contribution in [0.25, 0.3) is 10.1 Å². The van der Waals surface area contributed by atoms with Crippen molar-refractivity contribution in [1.82, 2.24) is 0 Å². The second-order valence-corrected chi connectivity index (χ2v) is 3.94. The van der Waals surface area contributed by atoms with Gasteiger partial charge in [0.25, 0.3) is 4.74 Å². The molecule has 0 saturated heterocycles. The van der Waals surface area contributed by atoms with E-state index in [-0.39, 0.29) is 4.74 Å². The molecular weight excluding hydrogens is 196 g/mol. The molecule has 0 aliphatic heterocycles. The quantitative estimate of drug-likeness (QED) is 0.749. The first-order valence-corrected chi connectivity index (χ1v) is 5.04. The van der Waals surface area contributed by atoms with Crippen LogP contribution >= 0.6 is 11.3 Å². The zero-order valence-corrected chi connectivity index (χ0v) is 8.52. The van der Waals surface area contributed by atoms with Crippen molar-refractivity contribution in [3.05, 3.63) is 33.8 Å². The van der Waals surface area contributed by atoms with Gasteiger partial charge in [-0.15, -0.1) is 0 Å². The van der Waals surface area contributed by atoms with Gasteiger partial charge in [-0.2, -0.15) is 0 Å².